The molecule has 2 aromatic heterocycles. The molecular weight excluding hydrogens is 344 g/mol. The molecule has 1 saturated heterocycles. The van der Waals surface area contributed by atoms with E-state index in [1.807, 2.05) is 24.0 Å². The lowest BCUT2D eigenvalue weighted by molar-refractivity contribution is -0.134. The van der Waals surface area contributed by atoms with Gasteiger partial charge in [-0.25, -0.2) is 4.98 Å². The van der Waals surface area contributed by atoms with Crippen molar-refractivity contribution in [3.05, 3.63) is 53.5 Å². The maximum Gasteiger partial charge on any atom is 0.248 e. The van der Waals surface area contributed by atoms with Crippen molar-refractivity contribution < 1.29 is 15.8 Å². The Labute approximate surface area is 160 Å². The van der Waals surface area contributed by atoms with Gasteiger partial charge in [0.25, 0.3) is 0 Å². The highest BCUT2D eigenvalue weighted by atomic mass is 16.5. The molecule has 0 N–H and O–H groups in total. The third kappa shape index (κ3) is 4.49. The Balaban J connectivity index is 0.00000280. The van der Waals surface area contributed by atoms with Crippen LogP contribution in [0.15, 0.2) is 36.5 Å². The van der Waals surface area contributed by atoms with Gasteiger partial charge in [0, 0.05) is 52.2 Å². The van der Waals surface area contributed by atoms with E-state index in [0.717, 1.165) is 18.8 Å². The molecule has 1 aliphatic heterocycles. The molecule has 1 aliphatic rings. The van der Waals surface area contributed by atoms with Crippen LogP contribution in [0.4, 0.5) is 5.82 Å². The van der Waals surface area contributed by atoms with Crippen LogP contribution in [0.25, 0.3) is 0 Å². The third-order valence-corrected chi connectivity index (χ3v) is 4.66. The average Bonchev–Trinajstić information content (AvgIpc) is 2.94. The number of methoxy groups -OCH3 is 1. The molecule has 1 fully saturated rings. The molecule has 0 radical (unpaired) electrons. The minimum atomic E-state index is -0.130. The van der Waals surface area contributed by atoms with Gasteiger partial charge in [-0.3, -0.25) is 14.6 Å². The fourth-order valence-electron chi connectivity index (χ4n) is 3.20. The molecule has 0 atom stereocenters. The summed E-state index contributed by atoms with van der Waals surface area (Å²) in [5.41, 5.74) is 1.66. The van der Waals surface area contributed by atoms with E-state index in [-0.39, 0.29) is 19.7 Å². The van der Waals surface area contributed by atoms with Gasteiger partial charge in [0.15, 0.2) is 0 Å². The third-order valence-electron chi connectivity index (χ3n) is 4.66. The van der Waals surface area contributed by atoms with Crippen molar-refractivity contribution in [3.63, 3.8) is 0 Å². The van der Waals surface area contributed by atoms with E-state index in [9.17, 15) is 9.59 Å². The number of amides is 1. The van der Waals surface area contributed by atoms with Crippen LogP contribution in [0.1, 0.15) is 29.6 Å². The van der Waals surface area contributed by atoms with E-state index in [0.29, 0.717) is 36.6 Å². The van der Waals surface area contributed by atoms with E-state index < -0.39 is 0 Å². The second-order valence-corrected chi connectivity index (χ2v) is 6.50. The van der Waals surface area contributed by atoms with E-state index in [4.69, 9.17) is 4.74 Å². The van der Waals surface area contributed by atoms with Crippen LogP contribution in [0.3, 0.4) is 0 Å². The number of carbonyl (C=O) groups is 2. The molecule has 0 saturated carbocycles. The number of aromatic nitrogens is 2. The minimum Gasteiger partial charge on any atom is -0.375 e. The second kappa shape index (κ2) is 8.73. The maximum absolute atomic E-state index is 12.8. The highest BCUT2D eigenvalue weighted by Crippen LogP contribution is 2.17. The summed E-state index contributed by atoms with van der Waals surface area (Å²) >= 11 is 0. The zero-order valence-electron chi connectivity index (χ0n) is 15.7. The number of aryl methyl sites for hydroxylation is 1. The van der Waals surface area contributed by atoms with Crippen LogP contribution < -0.4 is 4.90 Å². The van der Waals surface area contributed by atoms with Gasteiger partial charge >= 0.3 is 0 Å². The predicted octanol–water partition coefficient (Wildman–Crippen LogP) is 1.95. The first-order chi connectivity index (χ1) is 13.1. The number of rotatable bonds is 5. The van der Waals surface area contributed by atoms with Gasteiger partial charge in [-0.15, -0.1) is 0 Å². The summed E-state index contributed by atoms with van der Waals surface area (Å²) in [6, 6.07) is 9.00. The first kappa shape index (κ1) is 19.0. The van der Waals surface area contributed by atoms with Crippen LogP contribution in [-0.4, -0.2) is 66.5 Å². The van der Waals surface area contributed by atoms with Crippen LogP contribution in [0.5, 0.6) is 0 Å². The van der Waals surface area contributed by atoms with Crippen molar-refractivity contribution >= 4 is 17.5 Å². The minimum absolute atomic E-state index is 0. The van der Waals surface area contributed by atoms with Gasteiger partial charge in [-0.1, -0.05) is 6.07 Å². The lowest BCUT2D eigenvalue weighted by atomic mass is 10.1. The predicted molar refractivity (Wildman–Crippen MR) is 104 cm³/mol. The molecular formula is C20H26N4O3. The maximum atomic E-state index is 12.8. The monoisotopic (exact) mass is 370 g/mol. The molecule has 2 aromatic rings. The van der Waals surface area contributed by atoms with Gasteiger partial charge in [-0.05, 0) is 37.6 Å². The Morgan fingerprint density at radius 1 is 1.15 bits per heavy atom. The van der Waals surface area contributed by atoms with E-state index in [1.165, 1.54) is 7.11 Å². The van der Waals surface area contributed by atoms with Crippen molar-refractivity contribution in [2.45, 2.75) is 13.3 Å². The number of ketones is 1. The van der Waals surface area contributed by atoms with Crippen molar-refractivity contribution in [2.75, 3.05) is 44.8 Å². The van der Waals surface area contributed by atoms with Gasteiger partial charge in [0.05, 0.1) is 0 Å². The Morgan fingerprint density at radius 3 is 2.78 bits per heavy atom. The quantitative estimate of drug-likeness (QED) is 0.749. The summed E-state index contributed by atoms with van der Waals surface area (Å²) in [6.07, 6.45) is 2.51. The molecule has 27 heavy (non-hydrogen) atoms. The van der Waals surface area contributed by atoms with Gasteiger partial charge < -0.3 is 14.5 Å². The number of anilines is 1. The van der Waals surface area contributed by atoms with E-state index >= 15 is 0 Å². The topological polar surface area (TPSA) is 75.6 Å². The first-order valence-corrected chi connectivity index (χ1v) is 9.05. The summed E-state index contributed by atoms with van der Waals surface area (Å²) in [5, 5.41) is 0. The number of hydrogen-bond donors (Lipinski definition) is 0. The fraction of sp³-hybridized carbons (Fsp3) is 0.400. The molecule has 0 unspecified atom stereocenters. The molecule has 0 spiro atoms. The Morgan fingerprint density at radius 2 is 2.00 bits per heavy atom. The number of carbonyl (C=O) groups excluding carboxylic acids is 2. The van der Waals surface area contributed by atoms with Crippen LogP contribution in [0.2, 0.25) is 0 Å². The zero-order valence-corrected chi connectivity index (χ0v) is 15.7. The van der Waals surface area contributed by atoms with Gasteiger partial charge in [0.1, 0.15) is 18.1 Å². The first-order valence-electron chi connectivity index (χ1n) is 9.05. The van der Waals surface area contributed by atoms with E-state index in [1.54, 1.807) is 24.4 Å². The summed E-state index contributed by atoms with van der Waals surface area (Å²) < 4.78 is 4.94. The van der Waals surface area contributed by atoms with Gasteiger partial charge in [-0.2, -0.15) is 0 Å². The Hall–Kier alpha value is -2.80. The summed E-state index contributed by atoms with van der Waals surface area (Å²) in [6.45, 7) is 4.69. The van der Waals surface area contributed by atoms with Crippen molar-refractivity contribution in [3.8, 4) is 0 Å². The summed E-state index contributed by atoms with van der Waals surface area (Å²) in [7, 11) is 1.53. The molecule has 7 heteroatoms. The zero-order chi connectivity index (χ0) is 19.2. The highest BCUT2D eigenvalue weighted by Gasteiger charge is 2.21. The SMILES string of the molecule is COCC(=O)N1CCCN(c2cccc(C(=O)c3cccnc3C)n2)CC1.[HH]. The summed E-state index contributed by atoms with van der Waals surface area (Å²) in [4.78, 5) is 37.5. The standard InChI is InChI=1S/C20H24N4O3.H2/c1-15-16(6-4-9-21-15)20(26)17-7-3-8-18(22-17)23-10-5-11-24(13-12-23)19(25)14-27-2;/h3-4,6-9H,5,10-14H2,1-2H3;1H. The summed E-state index contributed by atoms with van der Waals surface area (Å²) in [5.74, 6) is 0.626. The smallest absolute Gasteiger partial charge is 0.248 e. The molecule has 3 heterocycles. The van der Waals surface area contributed by atoms with Crippen molar-refractivity contribution in [2.24, 2.45) is 0 Å². The van der Waals surface area contributed by atoms with Gasteiger partial charge in [0.2, 0.25) is 11.7 Å². The number of nitrogens with zero attached hydrogens (tertiary/aromatic N) is 4. The lowest BCUT2D eigenvalue weighted by Gasteiger charge is -2.23. The Bertz CT molecular complexity index is 831. The highest BCUT2D eigenvalue weighted by molar-refractivity contribution is 6.08. The van der Waals surface area contributed by atoms with Crippen molar-refractivity contribution in [1.29, 1.82) is 0 Å². The van der Waals surface area contributed by atoms with E-state index in [2.05, 4.69) is 14.9 Å². The largest absolute Gasteiger partial charge is 0.375 e. The molecule has 7 nitrogen and oxygen atoms in total. The van der Waals surface area contributed by atoms with Crippen LogP contribution in [0, 0.1) is 6.92 Å². The van der Waals surface area contributed by atoms with Crippen LogP contribution in [-0.2, 0) is 9.53 Å². The number of pyridine rings is 2. The molecule has 0 aromatic carbocycles. The second-order valence-electron chi connectivity index (χ2n) is 6.50. The van der Waals surface area contributed by atoms with Crippen molar-refractivity contribution in [1.82, 2.24) is 14.9 Å². The fourth-order valence-corrected chi connectivity index (χ4v) is 3.20. The molecule has 0 bridgehead atoms. The lowest BCUT2D eigenvalue weighted by Crippen LogP contribution is -2.37. The molecule has 1 amide bonds. The molecule has 0 aliphatic carbocycles. The number of hydrogen-bond acceptors (Lipinski definition) is 6. The molecule has 144 valence electrons. The van der Waals surface area contributed by atoms with Crippen LogP contribution >= 0.6 is 0 Å². The average molecular weight is 370 g/mol. The Kier molecular flexibility index (Phi) is 6.13. The normalized spacial score (nSPS) is 14.7. The molecule has 3 rings (SSSR count). The number of ether oxygens (including phenoxy) is 1.